The zero-order chi connectivity index (χ0) is 20.3. The van der Waals surface area contributed by atoms with E-state index in [2.05, 4.69) is 34.6 Å². The Bertz CT molecular complexity index is 844. The number of carbonyl (C=O) groups excluding carboxylic acids is 1. The lowest BCUT2D eigenvalue weighted by Crippen LogP contribution is -2.53. The molecule has 0 radical (unpaired) electrons. The second kappa shape index (κ2) is 8.41. The van der Waals surface area contributed by atoms with Crippen LogP contribution < -0.4 is 14.8 Å². The summed E-state index contributed by atoms with van der Waals surface area (Å²) in [5.74, 6) is 1.29. The van der Waals surface area contributed by atoms with E-state index in [0.717, 1.165) is 24.3 Å². The van der Waals surface area contributed by atoms with Gasteiger partial charge in [-0.1, -0.05) is 36.6 Å². The maximum absolute atomic E-state index is 12.6. The van der Waals surface area contributed by atoms with Gasteiger partial charge in [-0.2, -0.15) is 0 Å². The number of para-hydroxylation sites is 2. The Kier molecular flexibility index (Phi) is 5.71. The van der Waals surface area contributed by atoms with Gasteiger partial charge >= 0.3 is 0 Å². The molecule has 1 aliphatic heterocycles. The van der Waals surface area contributed by atoms with E-state index < -0.39 is 0 Å². The largest absolute Gasteiger partial charge is 0.486 e. The van der Waals surface area contributed by atoms with Crippen LogP contribution in [0.1, 0.15) is 42.6 Å². The number of fused-ring (bicyclic) bond motifs is 1. The highest BCUT2D eigenvalue weighted by molar-refractivity contribution is 5.91. The minimum atomic E-state index is -0.186. The quantitative estimate of drug-likeness (QED) is 0.801. The van der Waals surface area contributed by atoms with Crippen LogP contribution >= 0.6 is 0 Å². The number of nitrogens with zero attached hydrogens (tertiary/aromatic N) is 4. The van der Waals surface area contributed by atoms with E-state index in [0.29, 0.717) is 25.4 Å². The molecule has 1 amide bonds. The molecule has 8 heteroatoms. The van der Waals surface area contributed by atoms with Crippen molar-refractivity contribution in [2.75, 3.05) is 27.2 Å². The monoisotopic (exact) mass is 399 g/mol. The summed E-state index contributed by atoms with van der Waals surface area (Å²) in [4.78, 5) is 14.9. The molecular formula is C21H29N5O3. The van der Waals surface area contributed by atoms with Gasteiger partial charge in [-0.05, 0) is 39.1 Å². The number of benzene rings is 1. The number of ether oxygens (including phenoxy) is 2. The number of carbonyl (C=O) groups is 1. The maximum Gasteiger partial charge on any atom is 0.273 e. The molecule has 2 heterocycles. The third-order valence-electron chi connectivity index (χ3n) is 6.04. The van der Waals surface area contributed by atoms with Gasteiger partial charge in [0.1, 0.15) is 6.61 Å². The zero-order valence-corrected chi connectivity index (χ0v) is 17.1. The smallest absolute Gasteiger partial charge is 0.273 e. The van der Waals surface area contributed by atoms with Gasteiger partial charge in [0, 0.05) is 12.1 Å². The van der Waals surface area contributed by atoms with Crippen LogP contribution in [-0.4, -0.2) is 64.7 Å². The van der Waals surface area contributed by atoms with Crippen LogP contribution in [0.25, 0.3) is 0 Å². The molecule has 1 aromatic heterocycles. The van der Waals surface area contributed by atoms with E-state index in [1.807, 2.05) is 24.3 Å². The number of hydrogen-bond acceptors (Lipinski definition) is 6. The lowest BCUT2D eigenvalue weighted by Gasteiger charge is -2.43. The lowest BCUT2D eigenvalue weighted by molar-refractivity contribution is 0.0754. The van der Waals surface area contributed by atoms with Crippen molar-refractivity contribution >= 4 is 5.91 Å². The number of amides is 1. The first-order valence-corrected chi connectivity index (χ1v) is 10.3. The number of likely N-dealkylation sites (N-methyl/N-ethyl adjacent to an activating group) is 1. The Morgan fingerprint density at radius 1 is 1.24 bits per heavy atom. The van der Waals surface area contributed by atoms with Gasteiger partial charge in [0.2, 0.25) is 0 Å². The predicted octanol–water partition coefficient (Wildman–Crippen LogP) is 2.11. The third kappa shape index (κ3) is 4.37. The van der Waals surface area contributed by atoms with E-state index in [9.17, 15) is 4.79 Å². The second-order valence-electron chi connectivity index (χ2n) is 8.19. The topological polar surface area (TPSA) is 81.5 Å². The van der Waals surface area contributed by atoms with Crippen molar-refractivity contribution in [3.63, 3.8) is 0 Å². The normalized spacial score (nSPS) is 20.4. The van der Waals surface area contributed by atoms with E-state index in [4.69, 9.17) is 9.47 Å². The molecule has 0 spiro atoms. The fraction of sp³-hybridized carbons (Fsp3) is 0.571. The van der Waals surface area contributed by atoms with Gasteiger partial charge in [-0.25, -0.2) is 4.68 Å². The molecule has 0 bridgehead atoms. The van der Waals surface area contributed by atoms with Gasteiger partial charge in [0.15, 0.2) is 23.3 Å². The fourth-order valence-electron chi connectivity index (χ4n) is 4.18. The average Bonchev–Trinajstić information content (AvgIpc) is 3.21. The van der Waals surface area contributed by atoms with E-state index in [-0.39, 0.29) is 17.6 Å². The summed E-state index contributed by atoms with van der Waals surface area (Å²) in [6, 6.07) is 7.59. The molecule has 156 valence electrons. The van der Waals surface area contributed by atoms with Crippen LogP contribution in [0, 0.1) is 0 Å². The first-order valence-electron chi connectivity index (χ1n) is 10.3. The minimum absolute atomic E-state index is 0.0323. The highest BCUT2D eigenvalue weighted by Gasteiger charge is 2.34. The minimum Gasteiger partial charge on any atom is -0.486 e. The molecule has 1 aliphatic carbocycles. The average molecular weight is 399 g/mol. The first kappa shape index (κ1) is 19.7. The highest BCUT2D eigenvalue weighted by atomic mass is 16.6. The molecule has 8 nitrogen and oxygen atoms in total. The fourth-order valence-corrected chi connectivity index (χ4v) is 4.18. The molecule has 29 heavy (non-hydrogen) atoms. The molecule has 4 rings (SSSR count). The Morgan fingerprint density at radius 3 is 2.76 bits per heavy atom. The van der Waals surface area contributed by atoms with E-state index >= 15 is 0 Å². The van der Waals surface area contributed by atoms with E-state index in [1.54, 1.807) is 10.9 Å². The molecule has 1 saturated carbocycles. The van der Waals surface area contributed by atoms with Crippen molar-refractivity contribution in [2.24, 2.45) is 0 Å². The highest BCUT2D eigenvalue weighted by Crippen LogP contribution is 2.32. The summed E-state index contributed by atoms with van der Waals surface area (Å²) in [5, 5.41) is 11.2. The molecule has 2 aliphatic rings. The Morgan fingerprint density at radius 2 is 2.00 bits per heavy atom. The van der Waals surface area contributed by atoms with Crippen LogP contribution in [0.15, 0.2) is 30.5 Å². The zero-order valence-electron chi connectivity index (χ0n) is 17.1. The maximum atomic E-state index is 12.6. The molecule has 0 unspecified atom stereocenters. The van der Waals surface area contributed by atoms with Crippen molar-refractivity contribution in [3.8, 4) is 11.5 Å². The van der Waals surface area contributed by atoms with Crippen molar-refractivity contribution in [2.45, 2.75) is 50.3 Å². The van der Waals surface area contributed by atoms with Crippen LogP contribution in [0.3, 0.4) is 0 Å². The molecular weight excluding hydrogens is 370 g/mol. The second-order valence-corrected chi connectivity index (χ2v) is 8.19. The molecule has 1 aromatic carbocycles. The van der Waals surface area contributed by atoms with Crippen LogP contribution in [-0.2, 0) is 6.54 Å². The molecule has 1 N–H and O–H groups in total. The third-order valence-corrected chi connectivity index (χ3v) is 6.04. The summed E-state index contributed by atoms with van der Waals surface area (Å²) >= 11 is 0. The van der Waals surface area contributed by atoms with Crippen molar-refractivity contribution in [1.82, 2.24) is 25.2 Å². The van der Waals surface area contributed by atoms with Crippen molar-refractivity contribution in [3.05, 3.63) is 36.2 Å². The standard InChI is InChI=1S/C21H29N5O3/c1-25(2)21(10-6-3-7-11-21)15-22-20(27)17-13-26(24-23-17)12-16-14-28-18-8-4-5-9-19(18)29-16/h4-5,8-9,13,16H,3,6-7,10-12,14-15H2,1-2H3,(H,22,27)/t16-/m1/s1. The summed E-state index contributed by atoms with van der Waals surface area (Å²) in [5.41, 5.74) is 0.358. The van der Waals surface area contributed by atoms with Gasteiger partial charge in [-0.3, -0.25) is 4.79 Å². The first-order chi connectivity index (χ1) is 14.1. The van der Waals surface area contributed by atoms with Gasteiger partial charge in [0.25, 0.3) is 5.91 Å². The van der Waals surface area contributed by atoms with Crippen molar-refractivity contribution in [1.29, 1.82) is 0 Å². The SMILES string of the molecule is CN(C)C1(CNC(=O)c2cn(C[C@@H]3COc4ccccc4O3)nn2)CCCCC1. The molecule has 1 atom stereocenters. The number of hydrogen-bond donors (Lipinski definition) is 1. The summed E-state index contributed by atoms with van der Waals surface area (Å²) in [6.45, 7) is 1.53. The number of aromatic nitrogens is 3. The van der Waals surface area contributed by atoms with Crippen LogP contribution in [0.4, 0.5) is 0 Å². The van der Waals surface area contributed by atoms with Gasteiger partial charge in [0.05, 0.1) is 12.7 Å². The number of rotatable bonds is 6. The molecule has 2 aromatic rings. The predicted molar refractivity (Wildman–Crippen MR) is 108 cm³/mol. The Balaban J connectivity index is 1.33. The summed E-state index contributed by atoms with van der Waals surface area (Å²) in [7, 11) is 4.19. The Hall–Kier alpha value is -2.61. The summed E-state index contributed by atoms with van der Waals surface area (Å²) in [6.07, 6.45) is 7.38. The molecule has 0 saturated heterocycles. The lowest BCUT2D eigenvalue weighted by atomic mass is 9.80. The molecule has 1 fully saturated rings. The van der Waals surface area contributed by atoms with Crippen molar-refractivity contribution < 1.29 is 14.3 Å². The van der Waals surface area contributed by atoms with E-state index in [1.165, 1.54) is 19.3 Å². The number of nitrogens with one attached hydrogen (secondary N) is 1. The van der Waals surface area contributed by atoms with Crippen LogP contribution in [0.2, 0.25) is 0 Å². The van der Waals surface area contributed by atoms with Gasteiger partial charge in [-0.15, -0.1) is 5.10 Å². The Labute approximate surface area is 171 Å². The summed E-state index contributed by atoms with van der Waals surface area (Å²) < 4.78 is 13.3. The van der Waals surface area contributed by atoms with Crippen LogP contribution in [0.5, 0.6) is 11.5 Å². The van der Waals surface area contributed by atoms with Gasteiger partial charge < -0.3 is 19.7 Å².